The van der Waals surface area contributed by atoms with Crippen LogP contribution in [-0.4, -0.2) is 67.5 Å². The van der Waals surface area contributed by atoms with Crippen molar-refractivity contribution < 1.29 is 4.79 Å². The molecule has 7 rings (SSSR count). The van der Waals surface area contributed by atoms with Crippen molar-refractivity contribution in [3.63, 3.8) is 0 Å². The molecule has 0 saturated carbocycles. The first-order valence-electron chi connectivity index (χ1n) is 12.2. The molecule has 0 radical (unpaired) electrons. The van der Waals surface area contributed by atoms with Gasteiger partial charge < -0.3 is 9.80 Å². The van der Waals surface area contributed by atoms with Gasteiger partial charge in [-0.15, -0.1) is 0 Å². The van der Waals surface area contributed by atoms with Crippen LogP contribution in [0.25, 0.3) is 22.2 Å². The minimum absolute atomic E-state index is 0.122. The SMILES string of the molecule is CN1CC2CCC(C1)N2C(=O)c1cnc2c(c1)C(c1ccn3ncc(-c4cccnc4)c3c1)=CC2. The molecule has 35 heavy (non-hydrogen) atoms. The standard InChI is InChI=1S/C28H26N6O/c1-32-16-21-4-5-22(17-32)34(21)28(35)20-11-24-23(6-7-26(24)30-14-20)18-8-10-33-27(12-18)25(15-31-33)19-3-2-9-29-13-19/h2-3,6,8-15,21-22H,4-5,7,16-17H2,1H3. The summed E-state index contributed by atoms with van der Waals surface area (Å²) in [5, 5.41) is 4.53. The monoisotopic (exact) mass is 462 g/mol. The van der Waals surface area contributed by atoms with Gasteiger partial charge in [0.2, 0.25) is 0 Å². The number of likely N-dealkylation sites (N-methyl/N-ethyl adjacent to an activating group) is 1. The average Bonchev–Trinajstić information content (AvgIpc) is 3.57. The summed E-state index contributed by atoms with van der Waals surface area (Å²) in [7, 11) is 2.15. The normalized spacial score (nSPS) is 21.4. The van der Waals surface area contributed by atoms with Gasteiger partial charge in [0.15, 0.2) is 0 Å². The Hall–Kier alpha value is -3.84. The molecule has 2 unspecified atom stereocenters. The molecule has 7 nitrogen and oxygen atoms in total. The fraction of sp³-hybridized carbons (Fsp3) is 0.286. The largest absolute Gasteiger partial charge is 0.330 e. The van der Waals surface area contributed by atoms with Crippen molar-refractivity contribution in [2.75, 3.05) is 20.1 Å². The van der Waals surface area contributed by atoms with E-state index in [-0.39, 0.29) is 5.91 Å². The lowest BCUT2D eigenvalue weighted by Gasteiger charge is -2.39. The Kier molecular flexibility index (Phi) is 4.60. The Bertz CT molecular complexity index is 1480. The lowest BCUT2D eigenvalue weighted by molar-refractivity contribution is 0.0472. The number of hydrogen-bond donors (Lipinski definition) is 0. The van der Waals surface area contributed by atoms with Crippen molar-refractivity contribution in [2.45, 2.75) is 31.3 Å². The molecule has 2 saturated heterocycles. The summed E-state index contributed by atoms with van der Waals surface area (Å²) in [6, 6.07) is 10.9. The zero-order valence-electron chi connectivity index (χ0n) is 19.6. The number of rotatable bonds is 3. The van der Waals surface area contributed by atoms with E-state index in [4.69, 9.17) is 4.98 Å². The van der Waals surface area contributed by atoms with Crippen molar-refractivity contribution in [3.05, 3.63) is 89.8 Å². The highest BCUT2D eigenvalue weighted by Crippen LogP contribution is 2.36. The first kappa shape index (κ1) is 20.5. The fourth-order valence-electron chi connectivity index (χ4n) is 6.08. The maximum atomic E-state index is 13.6. The third-order valence-electron chi connectivity index (χ3n) is 7.71. The van der Waals surface area contributed by atoms with Gasteiger partial charge in [0.05, 0.1) is 23.0 Å². The first-order valence-corrected chi connectivity index (χ1v) is 12.2. The van der Waals surface area contributed by atoms with E-state index < -0.39 is 0 Å². The molecule has 7 heteroatoms. The zero-order valence-corrected chi connectivity index (χ0v) is 19.6. The smallest absolute Gasteiger partial charge is 0.256 e. The van der Waals surface area contributed by atoms with Crippen molar-refractivity contribution in [1.82, 2.24) is 29.4 Å². The van der Waals surface area contributed by atoms with E-state index in [9.17, 15) is 4.79 Å². The number of nitrogens with zero attached hydrogens (tertiary/aromatic N) is 6. The molecule has 1 amide bonds. The van der Waals surface area contributed by atoms with E-state index in [0.29, 0.717) is 17.6 Å². The van der Waals surface area contributed by atoms with Gasteiger partial charge in [0, 0.05) is 73.1 Å². The van der Waals surface area contributed by atoms with E-state index in [1.165, 1.54) is 0 Å². The van der Waals surface area contributed by atoms with E-state index in [0.717, 1.165) is 71.4 Å². The van der Waals surface area contributed by atoms with Crippen molar-refractivity contribution in [1.29, 1.82) is 0 Å². The van der Waals surface area contributed by atoms with Crippen LogP contribution >= 0.6 is 0 Å². The maximum absolute atomic E-state index is 13.6. The molecule has 0 aromatic carbocycles. The van der Waals surface area contributed by atoms with Gasteiger partial charge in [-0.05, 0) is 55.3 Å². The summed E-state index contributed by atoms with van der Waals surface area (Å²) in [6.45, 7) is 1.91. The van der Waals surface area contributed by atoms with Crippen LogP contribution in [0.4, 0.5) is 0 Å². The van der Waals surface area contributed by atoms with E-state index in [2.05, 4.69) is 51.2 Å². The summed E-state index contributed by atoms with van der Waals surface area (Å²) in [4.78, 5) is 27.0. The zero-order chi connectivity index (χ0) is 23.5. The second kappa shape index (κ2) is 7.85. The predicted molar refractivity (Wildman–Crippen MR) is 134 cm³/mol. The molecule has 4 aromatic heterocycles. The van der Waals surface area contributed by atoms with Crippen molar-refractivity contribution >= 4 is 17.0 Å². The van der Waals surface area contributed by atoms with Gasteiger partial charge >= 0.3 is 0 Å². The van der Waals surface area contributed by atoms with Crippen LogP contribution in [0.2, 0.25) is 0 Å². The molecule has 3 aliphatic rings. The molecule has 4 aromatic rings. The quantitative estimate of drug-likeness (QED) is 0.465. The Morgan fingerprint density at radius 3 is 2.66 bits per heavy atom. The maximum Gasteiger partial charge on any atom is 0.256 e. The molecular formula is C28H26N6O. The van der Waals surface area contributed by atoms with E-state index >= 15 is 0 Å². The summed E-state index contributed by atoms with van der Waals surface area (Å²) in [5.74, 6) is 0.122. The second-order valence-corrected chi connectivity index (χ2v) is 9.90. The minimum Gasteiger partial charge on any atom is -0.330 e. The fourth-order valence-corrected chi connectivity index (χ4v) is 6.08. The van der Waals surface area contributed by atoms with Crippen LogP contribution in [0.3, 0.4) is 0 Å². The first-order chi connectivity index (χ1) is 17.2. The van der Waals surface area contributed by atoms with Crippen LogP contribution in [-0.2, 0) is 6.42 Å². The number of amides is 1. The number of hydrogen-bond acceptors (Lipinski definition) is 5. The molecule has 0 spiro atoms. The Morgan fingerprint density at radius 2 is 1.86 bits per heavy atom. The molecule has 2 fully saturated rings. The molecule has 2 atom stereocenters. The van der Waals surface area contributed by atoms with E-state index in [1.54, 1.807) is 12.4 Å². The third kappa shape index (κ3) is 3.30. The van der Waals surface area contributed by atoms with Crippen molar-refractivity contribution in [3.8, 4) is 11.1 Å². The van der Waals surface area contributed by atoms with Gasteiger partial charge in [0.25, 0.3) is 5.91 Å². The second-order valence-electron chi connectivity index (χ2n) is 9.90. The van der Waals surface area contributed by atoms with Gasteiger partial charge in [-0.3, -0.25) is 14.8 Å². The van der Waals surface area contributed by atoms with Gasteiger partial charge in [-0.2, -0.15) is 5.10 Å². The average molecular weight is 463 g/mol. The predicted octanol–water partition coefficient (Wildman–Crippen LogP) is 3.70. The van der Waals surface area contributed by atoms with Crippen LogP contribution in [0.5, 0.6) is 0 Å². The van der Waals surface area contributed by atoms with Crippen LogP contribution in [0.15, 0.2) is 67.4 Å². The number of aromatic nitrogens is 4. The van der Waals surface area contributed by atoms with Crippen molar-refractivity contribution in [2.24, 2.45) is 0 Å². The molecule has 0 N–H and O–H groups in total. The number of allylic oxidation sites excluding steroid dienone is 1. The van der Waals surface area contributed by atoms with Crippen LogP contribution in [0, 0.1) is 0 Å². The molecule has 174 valence electrons. The highest BCUT2D eigenvalue weighted by atomic mass is 16.2. The highest BCUT2D eigenvalue weighted by Gasteiger charge is 2.42. The van der Waals surface area contributed by atoms with Gasteiger partial charge in [0.1, 0.15) is 0 Å². The Labute approximate surface area is 203 Å². The molecule has 6 heterocycles. The molecular weight excluding hydrogens is 436 g/mol. The minimum atomic E-state index is 0.122. The lowest BCUT2D eigenvalue weighted by atomic mass is 9.99. The number of piperazine rings is 1. The van der Waals surface area contributed by atoms with Crippen LogP contribution in [0.1, 0.15) is 40.0 Å². The van der Waals surface area contributed by atoms with E-state index in [1.807, 2.05) is 35.2 Å². The number of likely N-dealkylation sites (tertiary alicyclic amines) is 1. The summed E-state index contributed by atoms with van der Waals surface area (Å²) < 4.78 is 1.89. The molecule has 2 aliphatic heterocycles. The lowest BCUT2D eigenvalue weighted by Crippen LogP contribution is -2.54. The third-order valence-corrected chi connectivity index (χ3v) is 7.71. The van der Waals surface area contributed by atoms with Gasteiger partial charge in [-0.25, -0.2) is 4.52 Å². The molecule has 2 bridgehead atoms. The summed E-state index contributed by atoms with van der Waals surface area (Å²) in [5.41, 5.74) is 8.13. The Morgan fingerprint density at radius 1 is 1.00 bits per heavy atom. The van der Waals surface area contributed by atoms with Gasteiger partial charge in [-0.1, -0.05) is 12.1 Å². The number of carbonyl (C=O) groups excluding carboxylic acids is 1. The highest BCUT2D eigenvalue weighted by molar-refractivity contribution is 5.97. The number of pyridine rings is 3. The Balaban J connectivity index is 1.24. The number of carbonyl (C=O) groups is 1. The summed E-state index contributed by atoms with van der Waals surface area (Å²) >= 11 is 0. The summed E-state index contributed by atoms with van der Waals surface area (Å²) in [6.07, 6.45) is 14.5. The number of fused-ring (bicyclic) bond motifs is 4. The topological polar surface area (TPSA) is 66.6 Å². The van der Waals surface area contributed by atoms with Crippen LogP contribution < -0.4 is 0 Å². The molecule has 1 aliphatic carbocycles.